The molecule has 0 saturated carbocycles. The first-order valence-electron chi connectivity index (χ1n) is 5.73. The fourth-order valence-electron chi connectivity index (χ4n) is 1.62. The lowest BCUT2D eigenvalue weighted by Crippen LogP contribution is -2.24. The van der Waals surface area contributed by atoms with Crippen LogP contribution in [-0.2, 0) is 16.6 Å². The summed E-state index contributed by atoms with van der Waals surface area (Å²) in [7, 11) is -0.429. The highest BCUT2D eigenvalue weighted by molar-refractivity contribution is 7.89. The molecule has 4 nitrogen and oxygen atoms in total. The highest BCUT2D eigenvalue weighted by Crippen LogP contribution is 2.26. The third-order valence-electron chi connectivity index (χ3n) is 2.76. The summed E-state index contributed by atoms with van der Waals surface area (Å²) in [4.78, 5) is 0.271. The van der Waals surface area contributed by atoms with E-state index in [9.17, 15) is 8.42 Å². The second-order valence-electron chi connectivity index (χ2n) is 4.26. The van der Waals surface area contributed by atoms with Gasteiger partial charge in [0.15, 0.2) is 0 Å². The van der Waals surface area contributed by atoms with Crippen molar-refractivity contribution in [3.63, 3.8) is 0 Å². The lowest BCUT2D eigenvalue weighted by atomic mass is 10.1. The van der Waals surface area contributed by atoms with Crippen LogP contribution in [0.15, 0.2) is 17.0 Å². The molecule has 0 amide bonds. The molecule has 1 aromatic rings. The van der Waals surface area contributed by atoms with Crippen LogP contribution in [0.4, 0.5) is 0 Å². The first kappa shape index (κ1) is 15.4. The first-order chi connectivity index (χ1) is 8.30. The molecular formula is C12H19ClN2O2S. The molecule has 1 rings (SSSR count). The number of sulfonamides is 1. The Morgan fingerprint density at radius 3 is 2.44 bits per heavy atom. The summed E-state index contributed by atoms with van der Waals surface area (Å²) < 4.78 is 25.6. The SMILES string of the molecule is CCNCc1cc(Cl)cc(S(=O)(=O)N(C)C)c1C. The zero-order valence-electron chi connectivity index (χ0n) is 11.1. The van der Waals surface area contributed by atoms with Crippen molar-refractivity contribution in [1.29, 1.82) is 0 Å². The van der Waals surface area contributed by atoms with Gasteiger partial charge in [0.1, 0.15) is 0 Å². The molecule has 0 aliphatic carbocycles. The molecule has 0 aliphatic rings. The number of benzene rings is 1. The maximum absolute atomic E-state index is 12.2. The van der Waals surface area contributed by atoms with Gasteiger partial charge in [0.05, 0.1) is 4.90 Å². The third-order valence-corrected chi connectivity index (χ3v) is 4.92. The van der Waals surface area contributed by atoms with Crippen molar-refractivity contribution in [2.24, 2.45) is 0 Å². The Morgan fingerprint density at radius 1 is 1.33 bits per heavy atom. The average Bonchev–Trinajstić information content (AvgIpc) is 2.29. The molecule has 1 aromatic carbocycles. The molecule has 0 spiro atoms. The smallest absolute Gasteiger partial charge is 0.242 e. The highest BCUT2D eigenvalue weighted by Gasteiger charge is 2.21. The van der Waals surface area contributed by atoms with E-state index in [2.05, 4.69) is 5.32 Å². The maximum Gasteiger partial charge on any atom is 0.242 e. The molecule has 0 bridgehead atoms. The van der Waals surface area contributed by atoms with Gasteiger partial charge in [-0.15, -0.1) is 0 Å². The zero-order valence-corrected chi connectivity index (χ0v) is 12.7. The Bertz CT molecular complexity index is 527. The molecule has 0 radical (unpaired) electrons. The minimum absolute atomic E-state index is 0.271. The predicted octanol–water partition coefficient (Wildman–Crippen LogP) is 2.01. The molecule has 0 aromatic heterocycles. The van der Waals surface area contributed by atoms with Crippen LogP contribution in [0, 0.1) is 6.92 Å². The van der Waals surface area contributed by atoms with Gasteiger partial charge in [0.25, 0.3) is 0 Å². The van der Waals surface area contributed by atoms with Gasteiger partial charge in [0, 0.05) is 25.7 Å². The van der Waals surface area contributed by atoms with Crippen molar-refractivity contribution in [1.82, 2.24) is 9.62 Å². The monoisotopic (exact) mass is 290 g/mol. The summed E-state index contributed by atoms with van der Waals surface area (Å²) in [5, 5.41) is 3.61. The van der Waals surface area contributed by atoms with E-state index in [0.29, 0.717) is 11.6 Å². The van der Waals surface area contributed by atoms with Crippen LogP contribution in [0.1, 0.15) is 18.1 Å². The Hall–Kier alpha value is -0.620. The van der Waals surface area contributed by atoms with Crippen LogP contribution in [0.2, 0.25) is 5.02 Å². The Labute approximate surface area is 114 Å². The third kappa shape index (κ3) is 3.23. The van der Waals surface area contributed by atoms with E-state index < -0.39 is 10.0 Å². The molecule has 0 saturated heterocycles. The lowest BCUT2D eigenvalue weighted by Gasteiger charge is -2.16. The average molecular weight is 291 g/mol. The molecule has 0 heterocycles. The summed E-state index contributed by atoms with van der Waals surface area (Å²) in [6, 6.07) is 3.30. The van der Waals surface area contributed by atoms with Crippen LogP contribution in [0.25, 0.3) is 0 Å². The van der Waals surface area contributed by atoms with Crippen LogP contribution in [0.3, 0.4) is 0 Å². The molecular weight excluding hydrogens is 272 g/mol. The maximum atomic E-state index is 12.2. The molecule has 102 valence electrons. The van der Waals surface area contributed by atoms with Gasteiger partial charge in [-0.25, -0.2) is 12.7 Å². The molecule has 0 unspecified atom stereocenters. The van der Waals surface area contributed by atoms with E-state index in [4.69, 9.17) is 11.6 Å². The van der Waals surface area contributed by atoms with Gasteiger partial charge < -0.3 is 5.32 Å². The number of hydrogen-bond acceptors (Lipinski definition) is 3. The number of rotatable bonds is 5. The van der Waals surface area contributed by atoms with Gasteiger partial charge >= 0.3 is 0 Å². The van der Waals surface area contributed by atoms with E-state index in [1.165, 1.54) is 24.5 Å². The fourth-order valence-corrected chi connectivity index (χ4v) is 3.11. The van der Waals surface area contributed by atoms with E-state index in [1.807, 2.05) is 6.92 Å². The summed E-state index contributed by atoms with van der Waals surface area (Å²) in [6.45, 7) is 5.23. The normalized spacial score (nSPS) is 12.1. The quantitative estimate of drug-likeness (QED) is 0.902. The van der Waals surface area contributed by atoms with Crippen molar-refractivity contribution >= 4 is 21.6 Å². The fraction of sp³-hybridized carbons (Fsp3) is 0.500. The topological polar surface area (TPSA) is 49.4 Å². The van der Waals surface area contributed by atoms with Crippen molar-refractivity contribution in [2.45, 2.75) is 25.3 Å². The summed E-state index contributed by atoms with van der Waals surface area (Å²) in [5.74, 6) is 0. The standard InChI is InChI=1S/C12H19ClN2O2S/c1-5-14-8-10-6-11(13)7-12(9(10)2)18(16,17)15(3)4/h6-7,14H,5,8H2,1-4H3. The van der Waals surface area contributed by atoms with Crippen LogP contribution in [-0.4, -0.2) is 33.4 Å². The summed E-state index contributed by atoms with van der Waals surface area (Å²) in [6.07, 6.45) is 0. The summed E-state index contributed by atoms with van der Waals surface area (Å²) >= 11 is 6.00. The number of hydrogen-bond donors (Lipinski definition) is 1. The molecule has 1 N–H and O–H groups in total. The molecule has 6 heteroatoms. The second kappa shape index (κ2) is 6.02. The predicted molar refractivity (Wildman–Crippen MR) is 74.4 cm³/mol. The number of nitrogens with one attached hydrogen (secondary N) is 1. The Balaban J connectivity index is 3.34. The van der Waals surface area contributed by atoms with Crippen molar-refractivity contribution in [3.8, 4) is 0 Å². The van der Waals surface area contributed by atoms with Crippen LogP contribution >= 0.6 is 11.6 Å². The molecule has 18 heavy (non-hydrogen) atoms. The summed E-state index contributed by atoms with van der Waals surface area (Å²) in [5.41, 5.74) is 1.65. The van der Waals surface area contributed by atoms with Crippen molar-refractivity contribution in [2.75, 3.05) is 20.6 Å². The van der Waals surface area contributed by atoms with Gasteiger partial charge in [-0.3, -0.25) is 0 Å². The molecule has 0 atom stereocenters. The van der Waals surface area contributed by atoms with E-state index in [1.54, 1.807) is 13.0 Å². The van der Waals surface area contributed by atoms with Gasteiger partial charge in [-0.1, -0.05) is 18.5 Å². The lowest BCUT2D eigenvalue weighted by molar-refractivity contribution is 0.520. The van der Waals surface area contributed by atoms with Crippen LogP contribution < -0.4 is 5.32 Å². The second-order valence-corrected chi connectivity index (χ2v) is 6.81. The van der Waals surface area contributed by atoms with Crippen molar-refractivity contribution in [3.05, 3.63) is 28.3 Å². The zero-order chi connectivity index (χ0) is 13.9. The Morgan fingerprint density at radius 2 is 1.94 bits per heavy atom. The number of halogens is 1. The van der Waals surface area contributed by atoms with Crippen LogP contribution in [0.5, 0.6) is 0 Å². The highest BCUT2D eigenvalue weighted by atomic mass is 35.5. The van der Waals surface area contributed by atoms with Gasteiger partial charge in [-0.2, -0.15) is 0 Å². The van der Waals surface area contributed by atoms with Crippen molar-refractivity contribution < 1.29 is 8.42 Å². The minimum Gasteiger partial charge on any atom is -0.313 e. The van der Waals surface area contributed by atoms with E-state index in [0.717, 1.165) is 17.7 Å². The van der Waals surface area contributed by atoms with Gasteiger partial charge in [0.2, 0.25) is 10.0 Å². The molecule has 0 fully saturated rings. The number of nitrogens with zero attached hydrogens (tertiary/aromatic N) is 1. The minimum atomic E-state index is -3.46. The largest absolute Gasteiger partial charge is 0.313 e. The Kier molecular flexibility index (Phi) is 5.16. The van der Waals surface area contributed by atoms with E-state index >= 15 is 0 Å². The molecule has 0 aliphatic heterocycles. The first-order valence-corrected chi connectivity index (χ1v) is 7.54. The van der Waals surface area contributed by atoms with E-state index in [-0.39, 0.29) is 4.90 Å². The van der Waals surface area contributed by atoms with Gasteiger partial charge in [-0.05, 0) is 36.7 Å².